The van der Waals surface area contributed by atoms with Crippen LogP contribution in [0.15, 0.2) is 24.3 Å². The Bertz CT molecular complexity index is 421. The minimum absolute atomic E-state index is 0.122. The van der Waals surface area contributed by atoms with Crippen LogP contribution in [0, 0.1) is 0 Å². The van der Waals surface area contributed by atoms with Crippen LogP contribution in [-0.4, -0.2) is 37.2 Å². The Labute approximate surface area is 129 Å². The van der Waals surface area contributed by atoms with Crippen LogP contribution in [0.4, 0.5) is 0 Å². The van der Waals surface area contributed by atoms with Crippen LogP contribution in [0.5, 0.6) is 5.75 Å². The van der Waals surface area contributed by atoms with Gasteiger partial charge < -0.3 is 10.1 Å². The summed E-state index contributed by atoms with van der Waals surface area (Å²) in [6.07, 6.45) is 3.69. The molecule has 0 aromatic heterocycles. The normalized spacial score (nSPS) is 17.9. The largest absolute Gasteiger partial charge is 0.494 e. The SMILES string of the molecule is CCCOc1ccc(C(NC)C(C)(C)N2CCCC2)cc1. The van der Waals surface area contributed by atoms with E-state index < -0.39 is 0 Å². The Morgan fingerprint density at radius 1 is 1.19 bits per heavy atom. The standard InChI is InChI=1S/C18H30N2O/c1-5-14-21-16-10-8-15(9-11-16)17(19-4)18(2,3)20-12-6-7-13-20/h8-11,17,19H,5-7,12-14H2,1-4H3. The maximum atomic E-state index is 5.68. The zero-order valence-electron chi connectivity index (χ0n) is 14.0. The summed E-state index contributed by atoms with van der Waals surface area (Å²) in [5, 5.41) is 3.52. The Kier molecular flexibility index (Phi) is 5.65. The third-order valence-corrected chi connectivity index (χ3v) is 4.60. The molecule has 0 bridgehead atoms. The van der Waals surface area contributed by atoms with Crippen molar-refractivity contribution in [3.63, 3.8) is 0 Å². The van der Waals surface area contributed by atoms with Crippen LogP contribution >= 0.6 is 0 Å². The number of benzene rings is 1. The minimum atomic E-state index is 0.122. The molecular weight excluding hydrogens is 260 g/mol. The van der Waals surface area contributed by atoms with Crippen molar-refractivity contribution in [3.8, 4) is 5.75 Å². The number of likely N-dealkylation sites (tertiary alicyclic amines) is 1. The molecule has 1 N–H and O–H groups in total. The first-order chi connectivity index (χ1) is 10.1. The molecule has 0 aliphatic carbocycles. The summed E-state index contributed by atoms with van der Waals surface area (Å²) < 4.78 is 5.68. The van der Waals surface area contributed by atoms with Crippen LogP contribution < -0.4 is 10.1 Å². The van der Waals surface area contributed by atoms with Gasteiger partial charge in [0, 0.05) is 11.6 Å². The van der Waals surface area contributed by atoms with E-state index in [1.165, 1.54) is 31.5 Å². The van der Waals surface area contributed by atoms with Gasteiger partial charge in [0.25, 0.3) is 0 Å². The molecule has 0 spiro atoms. The van der Waals surface area contributed by atoms with E-state index in [1.807, 2.05) is 0 Å². The second-order valence-corrected chi connectivity index (χ2v) is 6.49. The smallest absolute Gasteiger partial charge is 0.119 e. The number of ether oxygens (including phenoxy) is 1. The van der Waals surface area contributed by atoms with Gasteiger partial charge in [-0.2, -0.15) is 0 Å². The lowest BCUT2D eigenvalue weighted by atomic mass is 9.87. The maximum absolute atomic E-state index is 5.68. The van der Waals surface area contributed by atoms with Crippen LogP contribution in [-0.2, 0) is 0 Å². The van der Waals surface area contributed by atoms with Crippen molar-refractivity contribution >= 4 is 0 Å². The van der Waals surface area contributed by atoms with Gasteiger partial charge in [-0.15, -0.1) is 0 Å². The first-order valence-electron chi connectivity index (χ1n) is 8.24. The molecule has 0 radical (unpaired) electrons. The van der Waals surface area contributed by atoms with E-state index in [2.05, 4.69) is 62.3 Å². The highest BCUT2D eigenvalue weighted by Crippen LogP contribution is 2.33. The van der Waals surface area contributed by atoms with E-state index in [1.54, 1.807) is 0 Å². The van der Waals surface area contributed by atoms with Crippen LogP contribution in [0.25, 0.3) is 0 Å². The fraction of sp³-hybridized carbons (Fsp3) is 0.667. The Hall–Kier alpha value is -1.06. The summed E-state index contributed by atoms with van der Waals surface area (Å²) in [6, 6.07) is 8.91. The molecule has 1 aliphatic rings. The lowest BCUT2D eigenvalue weighted by Crippen LogP contribution is -2.50. The summed E-state index contributed by atoms with van der Waals surface area (Å²) in [7, 11) is 2.06. The van der Waals surface area contributed by atoms with Crippen molar-refractivity contribution in [1.29, 1.82) is 0 Å². The first kappa shape index (κ1) is 16.3. The summed E-state index contributed by atoms with van der Waals surface area (Å²) in [5.41, 5.74) is 1.45. The van der Waals surface area contributed by atoms with Gasteiger partial charge in [0.15, 0.2) is 0 Å². The highest BCUT2D eigenvalue weighted by Gasteiger charge is 2.36. The Morgan fingerprint density at radius 2 is 1.81 bits per heavy atom. The van der Waals surface area contributed by atoms with Crippen LogP contribution in [0.2, 0.25) is 0 Å². The highest BCUT2D eigenvalue weighted by atomic mass is 16.5. The van der Waals surface area contributed by atoms with Crippen LogP contribution in [0.1, 0.15) is 51.6 Å². The third-order valence-electron chi connectivity index (χ3n) is 4.60. The van der Waals surface area contributed by atoms with Gasteiger partial charge in [0.2, 0.25) is 0 Å². The molecule has 1 saturated heterocycles. The second kappa shape index (κ2) is 7.28. The average molecular weight is 290 g/mol. The average Bonchev–Trinajstić information content (AvgIpc) is 3.02. The molecule has 0 amide bonds. The molecule has 0 saturated carbocycles. The molecule has 3 heteroatoms. The summed E-state index contributed by atoms with van der Waals surface area (Å²) >= 11 is 0. The fourth-order valence-electron chi connectivity index (χ4n) is 3.38. The molecule has 1 aliphatic heterocycles. The monoisotopic (exact) mass is 290 g/mol. The fourth-order valence-corrected chi connectivity index (χ4v) is 3.38. The van der Waals surface area contributed by atoms with Gasteiger partial charge >= 0.3 is 0 Å². The van der Waals surface area contributed by atoms with Crippen molar-refractivity contribution in [3.05, 3.63) is 29.8 Å². The molecule has 21 heavy (non-hydrogen) atoms. The van der Waals surface area contributed by atoms with Crippen molar-refractivity contribution in [1.82, 2.24) is 10.2 Å². The van der Waals surface area contributed by atoms with Gasteiger partial charge in [-0.1, -0.05) is 19.1 Å². The third kappa shape index (κ3) is 3.78. The minimum Gasteiger partial charge on any atom is -0.494 e. The maximum Gasteiger partial charge on any atom is 0.119 e. The van der Waals surface area contributed by atoms with Gasteiger partial charge in [0.05, 0.1) is 6.61 Å². The lowest BCUT2D eigenvalue weighted by molar-refractivity contribution is 0.110. The number of rotatable bonds is 7. The molecule has 1 aromatic rings. The van der Waals surface area contributed by atoms with Gasteiger partial charge in [0.1, 0.15) is 5.75 Å². The number of hydrogen-bond acceptors (Lipinski definition) is 3. The van der Waals surface area contributed by atoms with Crippen molar-refractivity contribution in [2.24, 2.45) is 0 Å². The molecular formula is C18H30N2O. The van der Waals surface area contributed by atoms with Gasteiger partial charge in [-0.05, 0) is 70.9 Å². The quantitative estimate of drug-likeness (QED) is 0.830. The van der Waals surface area contributed by atoms with Gasteiger partial charge in [-0.3, -0.25) is 4.90 Å². The molecule has 1 unspecified atom stereocenters. The van der Waals surface area contributed by atoms with Crippen LogP contribution in [0.3, 0.4) is 0 Å². The summed E-state index contributed by atoms with van der Waals surface area (Å²) in [6.45, 7) is 10.0. The Morgan fingerprint density at radius 3 is 2.33 bits per heavy atom. The van der Waals surface area contributed by atoms with E-state index in [0.717, 1.165) is 18.8 Å². The topological polar surface area (TPSA) is 24.5 Å². The zero-order chi connectivity index (χ0) is 15.3. The zero-order valence-corrected chi connectivity index (χ0v) is 14.0. The number of nitrogens with one attached hydrogen (secondary N) is 1. The molecule has 2 rings (SSSR count). The van der Waals surface area contributed by atoms with Crippen molar-refractivity contribution < 1.29 is 4.74 Å². The molecule has 118 valence electrons. The molecule has 1 heterocycles. The molecule has 1 fully saturated rings. The van der Waals surface area contributed by atoms with E-state index in [-0.39, 0.29) is 5.54 Å². The molecule has 1 atom stereocenters. The summed E-state index contributed by atoms with van der Waals surface area (Å²) in [5.74, 6) is 0.967. The number of hydrogen-bond donors (Lipinski definition) is 1. The van der Waals surface area contributed by atoms with Crippen molar-refractivity contribution in [2.45, 2.75) is 51.6 Å². The lowest BCUT2D eigenvalue weighted by Gasteiger charge is -2.42. The second-order valence-electron chi connectivity index (χ2n) is 6.49. The van der Waals surface area contributed by atoms with E-state index in [9.17, 15) is 0 Å². The predicted molar refractivity (Wildman–Crippen MR) is 88.9 cm³/mol. The first-order valence-corrected chi connectivity index (χ1v) is 8.24. The Balaban J connectivity index is 2.12. The number of nitrogens with zero attached hydrogens (tertiary/aromatic N) is 1. The molecule has 1 aromatic carbocycles. The highest BCUT2D eigenvalue weighted by molar-refractivity contribution is 5.31. The van der Waals surface area contributed by atoms with E-state index in [4.69, 9.17) is 4.74 Å². The van der Waals surface area contributed by atoms with Crippen molar-refractivity contribution in [2.75, 3.05) is 26.7 Å². The summed E-state index contributed by atoms with van der Waals surface area (Å²) in [4.78, 5) is 2.61. The number of likely N-dealkylation sites (N-methyl/N-ethyl adjacent to an activating group) is 1. The molecule has 3 nitrogen and oxygen atoms in total. The van der Waals surface area contributed by atoms with E-state index in [0.29, 0.717) is 6.04 Å². The van der Waals surface area contributed by atoms with E-state index >= 15 is 0 Å². The predicted octanol–water partition coefficient (Wildman–Crippen LogP) is 3.61. The van der Waals surface area contributed by atoms with Gasteiger partial charge in [-0.25, -0.2) is 0 Å².